The Balaban J connectivity index is 1.89. The Labute approximate surface area is 141 Å². The zero-order valence-electron chi connectivity index (χ0n) is 12.9. The Kier molecular flexibility index (Phi) is 7.36. The van der Waals surface area contributed by atoms with Crippen molar-refractivity contribution < 1.29 is 5.11 Å². The lowest BCUT2D eigenvalue weighted by molar-refractivity contribution is 0.187. The van der Waals surface area contributed by atoms with Gasteiger partial charge in [0.1, 0.15) is 6.10 Å². The molecule has 3 N–H and O–H groups in total. The molecule has 0 spiro atoms. The molecule has 22 heavy (non-hydrogen) atoms. The highest BCUT2D eigenvalue weighted by molar-refractivity contribution is 8.00. The van der Waals surface area contributed by atoms with Gasteiger partial charge in [-0.25, -0.2) is 0 Å². The molecule has 2 rings (SSSR count). The van der Waals surface area contributed by atoms with Gasteiger partial charge in [-0.15, -0.1) is 0 Å². The molecule has 1 aliphatic rings. The van der Waals surface area contributed by atoms with E-state index in [1.807, 2.05) is 36.9 Å². The van der Waals surface area contributed by atoms with Crippen molar-refractivity contribution in [3.05, 3.63) is 34.9 Å². The summed E-state index contributed by atoms with van der Waals surface area (Å²) in [5.41, 5.74) is 0.718. The van der Waals surface area contributed by atoms with Crippen LogP contribution >= 0.6 is 23.4 Å². The zero-order valence-corrected chi connectivity index (χ0v) is 14.5. The maximum absolute atomic E-state index is 10.2. The minimum absolute atomic E-state index is 0.289. The van der Waals surface area contributed by atoms with Crippen molar-refractivity contribution in [1.29, 1.82) is 0 Å². The predicted octanol–water partition coefficient (Wildman–Crippen LogP) is 2.82. The van der Waals surface area contributed by atoms with Crippen LogP contribution in [0.25, 0.3) is 0 Å². The average Bonchev–Trinajstić information content (AvgIpc) is 3.03. The van der Waals surface area contributed by atoms with Gasteiger partial charge in [0.05, 0.1) is 6.54 Å². The fraction of sp³-hybridized carbons (Fsp3) is 0.562. The first-order chi connectivity index (χ1) is 10.7. The van der Waals surface area contributed by atoms with Gasteiger partial charge in [-0.3, -0.25) is 4.99 Å². The molecule has 4 nitrogen and oxygen atoms in total. The topological polar surface area (TPSA) is 56.7 Å². The normalized spacial score (nSPS) is 20.0. The Hall–Kier alpha value is -0.910. The second kappa shape index (κ2) is 9.28. The predicted molar refractivity (Wildman–Crippen MR) is 95.9 cm³/mol. The number of guanidine groups is 1. The highest BCUT2D eigenvalue weighted by Crippen LogP contribution is 2.25. The average molecular weight is 342 g/mol. The van der Waals surface area contributed by atoms with E-state index in [2.05, 4.69) is 15.6 Å². The number of hydrogen-bond donors (Lipinski definition) is 3. The third-order valence-corrected chi connectivity index (χ3v) is 5.29. The number of halogens is 1. The molecule has 1 aromatic rings. The number of benzene rings is 1. The molecule has 0 amide bonds. The Morgan fingerprint density at radius 2 is 2.27 bits per heavy atom. The minimum Gasteiger partial charge on any atom is -0.386 e. The van der Waals surface area contributed by atoms with Gasteiger partial charge in [-0.2, -0.15) is 11.8 Å². The number of aliphatic imine (C=N–C) groups is 1. The van der Waals surface area contributed by atoms with Crippen LogP contribution in [-0.2, 0) is 0 Å². The van der Waals surface area contributed by atoms with Gasteiger partial charge in [0.25, 0.3) is 0 Å². The Morgan fingerprint density at radius 1 is 1.45 bits per heavy atom. The van der Waals surface area contributed by atoms with Gasteiger partial charge in [0, 0.05) is 28.9 Å². The first-order valence-electron chi connectivity index (χ1n) is 7.77. The van der Waals surface area contributed by atoms with Gasteiger partial charge in [0.15, 0.2) is 5.96 Å². The van der Waals surface area contributed by atoms with Crippen LogP contribution in [0.15, 0.2) is 29.3 Å². The van der Waals surface area contributed by atoms with E-state index in [9.17, 15) is 5.11 Å². The molecule has 6 heteroatoms. The standard InChI is InChI=1S/C16H24ClN3OS/c1-2-18-16(19-10-12-6-5-9-22-12)20-11-15(21)13-7-3-4-8-14(13)17/h3-4,7-8,12,15,21H,2,5-6,9-11H2,1H3,(H2,18,19,20). The van der Waals surface area contributed by atoms with E-state index in [0.29, 0.717) is 10.3 Å². The molecule has 1 aliphatic heterocycles. The highest BCUT2D eigenvalue weighted by Gasteiger charge is 2.16. The van der Waals surface area contributed by atoms with E-state index in [-0.39, 0.29) is 6.54 Å². The van der Waals surface area contributed by atoms with Gasteiger partial charge in [-0.05, 0) is 31.6 Å². The highest BCUT2D eigenvalue weighted by atomic mass is 35.5. The van der Waals surface area contributed by atoms with Crippen molar-refractivity contribution >= 4 is 29.3 Å². The first-order valence-corrected chi connectivity index (χ1v) is 9.19. The summed E-state index contributed by atoms with van der Waals surface area (Å²) in [4.78, 5) is 4.47. The second-order valence-corrected chi connectivity index (χ2v) is 7.09. The number of nitrogens with zero attached hydrogens (tertiary/aromatic N) is 1. The fourth-order valence-electron chi connectivity index (χ4n) is 2.38. The summed E-state index contributed by atoms with van der Waals surface area (Å²) in [7, 11) is 0. The molecule has 0 radical (unpaired) electrons. The van der Waals surface area contributed by atoms with E-state index in [4.69, 9.17) is 11.6 Å². The summed E-state index contributed by atoms with van der Waals surface area (Å²) in [5.74, 6) is 2.01. The largest absolute Gasteiger partial charge is 0.386 e. The molecule has 0 aliphatic carbocycles. The van der Waals surface area contributed by atoms with Crippen molar-refractivity contribution in [2.24, 2.45) is 4.99 Å². The lowest BCUT2D eigenvalue weighted by Crippen LogP contribution is -2.40. The number of aliphatic hydroxyl groups excluding tert-OH is 1. The molecule has 1 fully saturated rings. The van der Waals surface area contributed by atoms with E-state index in [0.717, 1.165) is 24.6 Å². The Morgan fingerprint density at radius 3 is 2.95 bits per heavy atom. The minimum atomic E-state index is -0.690. The lowest BCUT2D eigenvalue weighted by Gasteiger charge is -2.16. The second-order valence-electron chi connectivity index (χ2n) is 5.27. The van der Waals surface area contributed by atoms with Crippen LogP contribution in [0.4, 0.5) is 0 Å². The smallest absolute Gasteiger partial charge is 0.191 e. The molecule has 2 unspecified atom stereocenters. The summed E-state index contributed by atoms with van der Waals surface area (Å²) < 4.78 is 0. The molecule has 2 atom stereocenters. The van der Waals surface area contributed by atoms with Crippen molar-refractivity contribution in [3.63, 3.8) is 0 Å². The number of hydrogen-bond acceptors (Lipinski definition) is 3. The number of rotatable bonds is 6. The fourth-order valence-corrected chi connectivity index (χ4v) is 3.84. The van der Waals surface area contributed by atoms with Crippen LogP contribution < -0.4 is 10.6 Å². The van der Waals surface area contributed by atoms with Gasteiger partial charge < -0.3 is 15.7 Å². The number of thioether (sulfide) groups is 1. The summed E-state index contributed by atoms with van der Waals surface area (Å²) in [6, 6.07) is 7.34. The molecule has 1 heterocycles. The third-order valence-electron chi connectivity index (χ3n) is 3.55. The summed E-state index contributed by atoms with van der Waals surface area (Å²) in [6.07, 6.45) is 1.87. The molecular weight excluding hydrogens is 318 g/mol. The van der Waals surface area contributed by atoms with Crippen LogP contribution in [0, 0.1) is 0 Å². The van der Waals surface area contributed by atoms with Crippen LogP contribution in [-0.4, -0.2) is 41.7 Å². The summed E-state index contributed by atoms with van der Waals surface area (Å²) >= 11 is 8.11. The van der Waals surface area contributed by atoms with Crippen LogP contribution in [0.2, 0.25) is 5.02 Å². The lowest BCUT2D eigenvalue weighted by atomic mass is 10.1. The zero-order chi connectivity index (χ0) is 15.8. The summed E-state index contributed by atoms with van der Waals surface area (Å²) in [6.45, 7) is 4.04. The van der Waals surface area contributed by atoms with E-state index in [1.54, 1.807) is 6.07 Å². The summed E-state index contributed by atoms with van der Waals surface area (Å²) in [5, 5.41) is 18.1. The number of aliphatic hydroxyl groups is 1. The van der Waals surface area contributed by atoms with Crippen molar-refractivity contribution in [1.82, 2.24) is 10.6 Å². The molecule has 122 valence electrons. The molecule has 0 aromatic heterocycles. The molecule has 0 bridgehead atoms. The first kappa shape index (κ1) is 17.4. The van der Waals surface area contributed by atoms with Crippen LogP contribution in [0.5, 0.6) is 0 Å². The number of nitrogens with one attached hydrogen (secondary N) is 2. The Bertz CT molecular complexity index is 492. The van der Waals surface area contributed by atoms with E-state index >= 15 is 0 Å². The van der Waals surface area contributed by atoms with Gasteiger partial charge >= 0.3 is 0 Å². The quantitative estimate of drug-likeness (QED) is 0.550. The van der Waals surface area contributed by atoms with Crippen molar-refractivity contribution in [2.75, 3.05) is 25.4 Å². The van der Waals surface area contributed by atoms with Gasteiger partial charge in [-0.1, -0.05) is 29.8 Å². The maximum Gasteiger partial charge on any atom is 0.191 e. The van der Waals surface area contributed by atoms with Crippen LogP contribution in [0.3, 0.4) is 0 Å². The maximum atomic E-state index is 10.2. The molecule has 1 saturated heterocycles. The SMILES string of the molecule is CCNC(=NCC(O)c1ccccc1Cl)NCC1CCCS1. The third kappa shape index (κ3) is 5.38. The van der Waals surface area contributed by atoms with Gasteiger partial charge in [0.2, 0.25) is 0 Å². The van der Waals surface area contributed by atoms with Crippen LogP contribution in [0.1, 0.15) is 31.4 Å². The molecule has 0 saturated carbocycles. The van der Waals surface area contributed by atoms with Crippen molar-refractivity contribution in [2.45, 2.75) is 31.1 Å². The molecule has 1 aromatic carbocycles. The molecular formula is C16H24ClN3OS. The van der Waals surface area contributed by atoms with E-state index < -0.39 is 6.10 Å². The van der Waals surface area contributed by atoms with Crippen molar-refractivity contribution in [3.8, 4) is 0 Å². The van der Waals surface area contributed by atoms with E-state index in [1.165, 1.54) is 18.6 Å². The monoisotopic (exact) mass is 341 g/mol.